The number of aromatic hydroxyl groups is 1. The fourth-order valence-corrected chi connectivity index (χ4v) is 11.5. The minimum Gasteiger partial charge on any atom is -0.503 e. The third-order valence-electron chi connectivity index (χ3n) is 10.8. The number of alkyl halides is 1. The molecule has 2 heterocycles. The first-order valence-electron chi connectivity index (χ1n) is 18.0. The molecule has 55 heavy (non-hydrogen) atoms. The van der Waals surface area contributed by atoms with Crippen LogP contribution in [0.15, 0.2) is 60.7 Å². The van der Waals surface area contributed by atoms with E-state index in [0.717, 1.165) is 66.7 Å². The number of carbonyl (C=O) groups excluding carboxylic acids is 3. The molecule has 1 N–H and O–H groups in total. The van der Waals surface area contributed by atoms with Gasteiger partial charge in [-0.25, -0.2) is 13.4 Å². The van der Waals surface area contributed by atoms with E-state index >= 15 is 0 Å². The van der Waals surface area contributed by atoms with Crippen LogP contribution in [0.25, 0.3) is 5.57 Å². The molecule has 2 atom stereocenters. The van der Waals surface area contributed by atoms with E-state index in [1.165, 1.54) is 19.8 Å². The van der Waals surface area contributed by atoms with Crippen molar-refractivity contribution in [1.82, 2.24) is 9.48 Å². The van der Waals surface area contributed by atoms with E-state index in [9.17, 15) is 28.3 Å². The lowest BCUT2D eigenvalue weighted by Gasteiger charge is -2.35. The van der Waals surface area contributed by atoms with E-state index in [4.69, 9.17) is 25.8 Å². The minimum atomic E-state index is -2.56. The van der Waals surface area contributed by atoms with Crippen molar-refractivity contribution in [3.8, 4) is 17.2 Å². The molecular weight excluding hydrogens is 746 g/mol. The molecule has 13 heteroatoms. The topological polar surface area (TPSA) is 105 Å². The van der Waals surface area contributed by atoms with Crippen LogP contribution in [0.5, 0.6) is 17.2 Å². The van der Waals surface area contributed by atoms with Crippen LogP contribution in [-0.4, -0.2) is 74.8 Å². The van der Waals surface area contributed by atoms with Crippen LogP contribution in [0.4, 0.5) is 8.78 Å². The van der Waals surface area contributed by atoms with Crippen molar-refractivity contribution < 1.29 is 42.5 Å². The number of phenolic OH excluding ortho intramolecular Hbond substituents is 1. The second-order valence-corrected chi connectivity index (χ2v) is 20.0. The van der Waals surface area contributed by atoms with Crippen LogP contribution >= 0.6 is 11.6 Å². The van der Waals surface area contributed by atoms with Crippen molar-refractivity contribution >= 4 is 53.5 Å². The van der Waals surface area contributed by atoms with Gasteiger partial charge >= 0.3 is 11.9 Å². The number of phenols is 1. The number of hydrogen-bond donors (Lipinski definition) is 1. The molecule has 1 amide bonds. The van der Waals surface area contributed by atoms with Crippen molar-refractivity contribution in [2.75, 3.05) is 33.9 Å². The highest BCUT2D eigenvalue weighted by Crippen LogP contribution is 2.35. The van der Waals surface area contributed by atoms with Gasteiger partial charge in [-0.05, 0) is 99.6 Å². The van der Waals surface area contributed by atoms with Crippen molar-refractivity contribution in [3.63, 3.8) is 0 Å². The highest BCUT2D eigenvalue weighted by atomic mass is 35.5. The molecule has 0 spiro atoms. The van der Waals surface area contributed by atoms with Crippen LogP contribution in [0, 0.1) is 18.6 Å². The molecule has 9 nitrogen and oxygen atoms in total. The number of fused-ring (bicyclic) bond motifs is 3. The van der Waals surface area contributed by atoms with Crippen LogP contribution in [0.2, 0.25) is 13.1 Å². The first-order chi connectivity index (χ1) is 25.9. The van der Waals surface area contributed by atoms with Crippen molar-refractivity contribution in [1.29, 1.82) is 0 Å². The number of carbonyl (C=O) groups is 3. The summed E-state index contributed by atoms with van der Waals surface area (Å²) in [5.74, 6) is -4.79. The second kappa shape index (κ2) is 14.9. The van der Waals surface area contributed by atoms with Gasteiger partial charge in [0.25, 0.3) is 5.91 Å². The van der Waals surface area contributed by atoms with Crippen LogP contribution in [0.1, 0.15) is 65.7 Å². The number of hydrogen-bond acceptors (Lipinski definition) is 7. The Kier molecular flexibility index (Phi) is 10.7. The normalized spacial score (nSPS) is 18.1. The van der Waals surface area contributed by atoms with Gasteiger partial charge < -0.3 is 24.2 Å². The van der Waals surface area contributed by atoms with Gasteiger partial charge in [0.2, 0.25) is 10.4 Å². The van der Waals surface area contributed by atoms with Gasteiger partial charge in [0.05, 0.1) is 14.2 Å². The van der Waals surface area contributed by atoms with Gasteiger partial charge in [-0.2, -0.15) is 0 Å². The van der Waals surface area contributed by atoms with E-state index in [1.807, 2.05) is 25.1 Å². The molecule has 0 aromatic heterocycles. The summed E-state index contributed by atoms with van der Waals surface area (Å²) in [6, 6.07) is 17.4. The Bertz CT molecular complexity index is 2360. The number of esters is 2. The monoisotopic (exact) mass is 789 g/mol. The predicted molar refractivity (Wildman–Crippen MR) is 209 cm³/mol. The molecule has 4 aromatic carbocycles. The maximum Gasteiger partial charge on any atom is 0.325 e. The van der Waals surface area contributed by atoms with E-state index in [2.05, 4.69) is 50.6 Å². The Morgan fingerprint density at radius 2 is 1.55 bits per heavy atom. The minimum absolute atomic E-state index is 0.0970. The molecule has 0 radical (unpaired) electrons. The van der Waals surface area contributed by atoms with Gasteiger partial charge in [0.15, 0.2) is 17.4 Å². The molecule has 0 saturated carbocycles. The van der Waals surface area contributed by atoms with Gasteiger partial charge in [-0.15, -0.1) is 0 Å². The highest BCUT2D eigenvalue weighted by Gasteiger charge is 2.43. The van der Waals surface area contributed by atoms with Gasteiger partial charge in [-0.3, -0.25) is 14.4 Å². The van der Waals surface area contributed by atoms with Crippen LogP contribution in [0.3, 0.4) is 0 Å². The number of amides is 1. The predicted octanol–water partition coefficient (Wildman–Crippen LogP) is 4.92. The molecule has 0 aliphatic carbocycles. The molecule has 2 aliphatic rings. The van der Waals surface area contributed by atoms with Gasteiger partial charge in [0, 0.05) is 42.7 Å². The lowest BCUT2D eigenvalue weighted by atomic mass is 9.86. The summed E-state index contributed by atoms with van der Waals surface area (Å²) in [5.41, 5.74) is 5.01. The molecule has 6 rings (SSSR count). The summed E-state index contributed by atoms with van der Waals surface area (Å²) in [6.45, 7) is 12.6. The smallest absolute Gasteiger partial charge is 0.325 e. The quantitative estimate of drug-likeness (QED) is 0.0845. The molecular formula is C42H44ClF2N2O7Si+. The van der Waals surface area contributed by atoms with E-state index < -0.39 is 61.4 Å². The molecule has 0 fully saturated rings. The van der Waals surface area contributed by atoms with Crippen LogP contribution < -0.4 is 30.3 Å². The highest BCUT2D eigenvalue weighted by molar-refractivity contribution is 7.01. The van der Waals surface area contributed by atoms with Crippen molar-refractivity contribution in [2.45, 2.75) is 58.1 Å². The Labute approximate surface area is 324 Å². The van der Waals surface area contributed by atoms with Crippen molar-refractivity contribution in [2.24, 2.45) is 0 Å². The first-order valence-corrected chi connectivity index (χ1v) is 21.4. The summed E-state index contributed by atoms with van der Waals surface area (Å²) in [6.07, 6.45) is 0.754. The van der Waals surface area contributed by atoms with Gasteiger partial charge in [0.1, 0.15) is 39.2 Å². The second-order valence-electron chi connectivity index (χ2n) is 14.8. The Morgan fingerprint density at radius 3 is 2.13 bits per heavy atom. The number of rotatable bonds is 9. The third-order valence-corrected chi connectivity index (χ3v) is 14.7. The fourth-order valence-electron chi connectivity index (χ4n) is 8.03. The standard InChI is InChI=1S/C42H43ClF2N2O7Si/c1-9-47-34-19-36-31(18-30(34)24(3)20-42(47,4)43)39(28-12-10-25(14-23(28)2)41(51)46(21-37(48)52-5)22-38(49)53-6)29-13-11-26(17-35(29)55(36,7)8)54-27-15-32(44)40(50)33(45)16-27/h10-19,24H,9,20-22H2,1-8H3/p+1. The third kappa shape index (κ3) is 7.25. The molecule has 288 valence electrons. The maximum atomic E-state index is 14.3. The summed E-state index contributed by atoms with van der Waals surface area (Å²) >= 11 is 7.17. The summed E-state index contributed by atoms with van der Waals surface area (Å²) in [7, 11) is -0.151. The Hall–Kier alpha value is -5.07. The Morgan fingerprint density at radius 1 is 0.927 bits per heavy atom. The van der Waals surface area contributed by atoms with Crippen LogP contribution in [-0.2, 0) is 19.1 Å². The Balaban J connectivity index is 1.59. The first kappa shape index (κ1) is 39.6. The largest absolute Gasteiger partial charge is 0.503 e. The van der Waals surface area contributed by atoms with Gasteiger partial charge in [-0.1, -0.05) is 32.2 Å². The molecule has 0 saturated heterocycles. The van der Waals surface area contributed by atoms with E-state index in [0.29, 0.717) is 12.3 Å². The van der Waals surface area contributed by atoms with Crippen molar-refractivity contribution in [3.05, 3.63) is 111 Å². The number of methoxy groups -OCH3 is 2. The summed E-state index contributed by atoms with van der Waals surface area (Å²) in [5, 5.41) is 14.0. The maximum absolute atomic E-state index is 14.3. The zero-order valence-electron chi connectivity index (χ0n) is 32.1. The number of nitrogens with zero attached hydrogens (tertiary/aromatic N) is 2. The van der Waals surface area contributed by atoms with E-state index in [-0.39, 0.29) is 17.2 Å². The number of benzene rings is 4. The zero-order valence-corrected chi connectivity index (χ0v) is 33.9. The molecule has 2 unspecified atom stereocenters. The number of halogens is 3. The number of ether oxygens (including phenoxy) is 3. The molecule has 4 aromatic rings. The fraction of sp³-hybridized carbons (Fsp3) is 0.333. The van der Waals surface area contributed by atoms with E-state index in [1.54, 1.807) is 18.2 Å². The summed E-state index contributed by atoms with van der Waals surface area (Å²) in [4.78, 5) is 38.6. The average molecular weight is 790 g/mol. The molecule has 0 bridgehead atoms. The summed E-state index contributed by atoms with van der Waals surface area (Å²) < 4.78 is 46.4. The zero-order chi connectivity index (χ0) is 40.1. The average Bonchev–Trinajstić information content (AvgIpc) is 3.13. The lowest BCUT2D eigenvalue weighted by molar-refractivity contribution is -0.144. The lowest BCUT2D eigenvalue weighted by Crippen LogP contribution is -2.65. The SMILES string of the molecule is CC[N+]1=c2cc3c(cc2C(C)CC1(C)Cl)=C(c1ccc(C(=O)N(CC(=O)OC)CC(=O)OC)cc1C)c1ccc(Oc2cc(F)c(O)c(F)c2)cc1[Si]3(C)C. The number of aryl methyl sites for hydroxylation is 1. The molecule has 2 aliphatic heterocycles.